The molecule has 0 atom stereocenters. The molecule has 0 fully saturated rings. The van der Waals surface area contributed by atoms with Crippen molar-refractivity contribution in [3.8, 4) is 11.1 Å². The monoisotopic (exact) mass is 960 g/mol. The highest BCUT2D eigenvalue weighted by Crippen LogP contribution is 2.54. The number of aromatic nitrogens is 1. The molecule has 4 nitrogen and oxygen atoms in total. The fourth-order valence-electron chi connectivity index (χ4n) is 13.8. The average Bonchev–Trinajstić information content (AvgIpc) is 4.21. The summed E-state index contributed by atoms with van der Waals surface area (Å²) in [5.74, 6) is 0. The highest BCUT2D eigenvalue weighted by atomic mass is 16.3. The molecule has 0 radical (unpaired) electrons. The zero-order valence-corrected chi connectivity index (χ0v) is 42.7. The van der Waals surface area contributed by atoms with Gasteiger partial charge in [0.05, 0.1) is 5.39 Å². The second-order valence-electron chi connectivity index (χ2n) is 23.6. The van der Waals surface area contributed by atoms with Crippen molar-refractivity contribution in [2.45, 2.75) is 52.4 Å². The van der Waals surface area contributed by atoms with Crippen molar-refractivity contribution in [2.24, 2.45) is 0 Å². The fraction of sp³-hybridized carbons (Fsp3) is 0.114. The van der Waals surface area contributed by atoms with Crippen molar-refractivity contribution in [3.05, 3.63) is 199 Å². The lowest BCUT2D eigenvalue weighted by molar-refractivity contribution is 0.569. The van der Waals surface area contributed by atoms with E-state index in [1.54, 1.807) is 0 Å². The molecule has 354 valence electrons. The third-order valence-corrected chi connectivity index (χ3v) is 17.3. The Balaban J connectivity index is 1.11. The molecular weight excluding hydrogens is 912 g/mol. The van der Waals surface area contributed by atoms with Crippen LogP contribution in [0.4, 0.5) is 17.1 Å². The van der Waals surface area contributed by atoms with Crippen LogP contribution in [0.25, 0.3) is 131 Å². The highest BCUT2D eigenvalue weighted by molar-refractivity contribution is 6.90. The maximum absolute atomic E-state index is 7.14. The summed E-state index contributed by atoms with van der Waals surface area (Å²) in [6.07, 6.45) is 0. The third kappa shape index (κ3) is 5.42. The Kier molecular flexibility index (Phi) is 7.82. The Morgan fingerprint density at radius 3 is 1.64 bits per heavy atom. The number of fused-ring (bicyclic) bond motifs is 24. The molecule has 12 aromatic carbocycles. The molecular formula is C70H49BN2O2. The lowest BCUT2D eigenvalue weighted by atomic mass is 9.44. The summed E-state index contributed by atoms with van der Waals surface area (Å²) < 4.78 is 17.0. The van der Waals surface area contributed by atoms with Gasteiger partial charge in [-0.25, -0.2) is 0 Å². The second kappa shape index (κ2) is 14.1. The Bertz CT molecular complexity index is 5080. The summed E-state index contributed by atoms with van der Waals surface area (Å²) in [5.41, 5.74) is 16.8. The van der Waals surface area contributed by atoms with Crippen molar-refractivity contribution in [3.63, 3.8) is 0 Å². The molecule has 0 saturated carbocycles. The molecule has 0 amide bonds. The Labute approximate surface area is 433 Å². The first kappa shape index (κ1) is 41.7. The first-order valence-electron chi connectivity index (χ1n) is 26.5. The Morgan fingerprint density at radius 2 is 0.973 bits per heavy atom. The van der Waals surface area contributed by atoms with Crippen LogP contribution < -0.4 is 15.8 Å². The number of hydrogen-bond acceptors (Lipinski definition) is 3. The van der Waals surface area contributed by atoms with Gasteiger partial charge in [0.25, 0.3) is 0 Å². The van der Waals surface area contributed by atoms with Gasteiger partial charge in [-0.05, 0) is 147 Å². The zero-order valence-electron chi connectivity index (χ0n) is 42.7. The van der Waals surface area contributed by atoms with Gasteiger partial charge >= 0.3 is 6.85 Å². The minimum Gasteiger partial charge on any atom is -0.456 e. The van der Waals surface area contributed by atoms with Gasteiger partial charge in [0.1, 0.15) is 22.3 Å². The molecule has 5 heterocycles. The van der Waals surface area contributed by atoms with Gasteiger partial charge in [-0.3, -0.25) is 0 Å². The minimum absolute atomic E-state index is 0.110. The molecule has 0 aliphatic carbocycles. The van der Waals surface area contributed by atoms with Crippen LogP contribution in [-0.4, -0.2) is 11.3 Å². The van der Waals surface area contributed by atoms with Crippen LogP contribution in [0.1, 0.15) is 52.7 Å². The lowest BCUT2D eigenvalue weighted by Gasteiger charge is -2.41. The largest absolute Gasteiger partial charge is 0.456 e. The molecule has 2 aliphatic rings. The highest BCUT2D eigenvalue weighted by Gasteiger charge is 2.45. The number of furan rings is 2. The molecule has 3 aromatic heterocycles. The van der Waals surface area contributed by atoms with E-state index in [4.69, 9.17) is 8.83 Å². The number of para-hydroxylation sites is 2. The van der Waals surface area contributed by atoms with Gasteiger partial charge < -0.3 is 18.2 Å². The summed E-state index contributed by atoms with van der Waals surface area (Å²) in [6.45, 7) is 13.8. The first-order chi connectivity index (χ1) is 36.5. The Morgan fingerprint density at radius 1 is 0.400 bits per heavy atom. The fourth-order valence-corrected chi connectivity index (χ4v) is 13.8. The van der Waals surface area contributed by atoms with Crippen LogP contribution in [0.15, 0.2) is 197 Å². The first-order valence-corrected chi connectivity index (χ1v) is 26.5. The number of nitrogens with zero attached hydrogens (tertiary/aromatic N) is 2. The number of benzene rings is 12. The molecule has 17 rings (SSSR count). The zero-order chi connectivity index (χ0) is 50.0. The van der Waals surface area contributed by atoms with Crippen LogP contribution in [0.5, 0.6) is 0 Å². The van der Waals surface area contributed by atoms with Gasteiger partial charge in [-0.1, -0.05) is 169 Å². The number of hydrogen-bond donors (Lipinski definition) is 0. The van der Waals surface area contributed by atoms with E-state index in [9.17, 15) is 0 Å². The quantitative estimate of drug-likeness (QED) is 0.0934. The molecule has 15 aromatic rings. The predicted molar refractivity (Wildman–Crippen MR) is 319 cm³/mol. The van der Waals surface area contributed by atoms with E-state index >= 15 is 0 Å². The lowest BCUT2D eigenvalue weighted by Crippen LogP contribution is -2.56. The normalized spacial score (nSPS) is 13.7. The molecule has 2 aliphatic heterocycles. The summed E-state index contributed by atoms with van der Waals surface area (Å²) in [4.78, 5) is 2.61. The van der Waals surface area contributed by atoms with Gasteiger partial charge in [-0.2, -0.15) is 0 Å². The predicted octanol–water partition coefficient (Wildman–Crippen LogP) is 18.4. The summed E-state index contributed by atoms with van der Waals surface area (Å²) in [7, 11) is 0. The van der Waals surface area contributed by atoms with E-state index in [0.717, 1.165) is 60.6 Å². The SMILES string of the molecule is CC(C)(C)c1cc(N2c3cc4cc5c6ccccc6c6ccccc6c5cc4cc3B3c4c2cc2oc5ccccc5c2c4-c2cc4c5ccccc5oc4c4c5c6ccccc6ccc5n3c24)cc(C(C)(C)C)c1. The van der Waals surface area contributed by atoms with Gasteiger partial charge in [0.2, 0.25) is 0 Å². The van der Waals surface area contributed by atoms with Gasteiger partial charge in [0.15, 0.2) is 0 Å². The molecule has 0 spiro atoms. The van der Waals surface area contributed by atoms with Crippen LogP contribution >= 0.6 is 0 Å². The van der Waals surface area contributed by atoms with Crippen molar-refractivity contribution < 1.29 is 8.83 Å². The average molecular weight is 961 g/mol. The van der Waals surface area contributed by atoms with Crippen molar-refractivity contribution in [1.82, 2.24) is 4.48 Å². The third-order valence-electron chi connectivity index (χ3n) is 17.3. The summed E-state index contributed by atoms with van der Waals surface area (Å²) in [5, 5.41) is 19.4. The summed E-state index contributed by atoms with van der Waals surface area (Å²) in [6, 6.07) is 70.9. The van der Waals surface area contributed by atoms with Crippen molar-refractivity contribution in [1.29, 1.82) is 0 Å². The standard InChI is InChI=1S/C70H49BN2O2/c1-69(2,3)41-33-42(70(4,5)6)35-43(34-41)72-57-32-40-30-52-48-22-12-10-20-46(48)45-19-9-11-21-47(45)51(52)29-39(40)31-55(57)71-66-58(72)37-61-63(50-24-14-16-26-60(50)74-61)64(66)54-36-53-49-23-13-15-25-59(49)75-68(53)65-62-44-18-8-7-17-38(44)27-28-56(62)73(71)67(54)65/h7-37H,1-6H3. The van der Waals surface area contributed by atoms with Gasteiger partial charge in [0, 0.05) is 66.7 Å². The van der Waals surface area contributed by atoms with Crippen LogP contribution in [0.2, 0.25) is 0 Å². The molecule has 75 heavy (non-hydrogen) atoms. The van der Waals surface area contributed by atoms with Crippen LogP contribution in [0, 0.1) is 0 Å². The topological polar surface area (TPSA) is 34.5 Å². The van der Waals surface area contributed by atoms with Gasteiger partial charge in [-0.15, -0.1) is 0 Å². The number of rotatable bonds is 1. The number of anilines is 3. The smallest absolute Gasteiger partial charge is 0.333 e. The molecule has 0 unspecified atom stereocenters. The molecule has 0 N–H and O–H groups in total. The maximum Gasteiger partial charge on any atom is 0.333 e. The van der Waals surface area contributed by atoms with E-state index in [-0.39, 0.29) is 17.7 Å². The second-order valence-corrected chi connectivity index (χ2v) is 23.6. The van der Waals surface area contributed by atoms with E-state index in [0.29, 0.717) is 0 Å². The molecule has 5 heteroatoms. The summed E-state index contributed by atoms with van der Waals surface area (Å²) >= 11 is 0. The van der Waals surface area contributed by atoms with E-state index in [1.165, 1.54) is 109 Å². The van der Waals surface area contributed by atoms with E-state index in [1.807, 2.05) is 0 Å². The van der Waals surface area contributed by atoms with E-state index in [2.05, 4.69) is 239 Å². The molecule has 0 saturated heterocycles. The van der Waals surface area contributed by atoms with Crippen molar-refractivity contribution in [2.75, 3.05) is 4.90 Å². The van der Waals surface area contributed by atoms with Crippen molar-refractivity contribution >= 4 is 154 Å². The van der Waals surface area contributed by atoms with Crippen LogP contribution in [-0.2, 0) is 10.8 Å². The minimum atomic E-state index is -0.226. The van der Waals surface area contributed by atoms with Crippen LogP contribution in [0.3, 0.4) is 0 Å². The maximum atomic E-state index is 7.14. The molecule has 0 bridgehead atoms. The van der Waals surface area contributed by atoms with E-state index < -0.39 is 0 Å². The Hall–Kier alpha value is -8.80.